The van der Waals surface area contributed by atoms with Crippen LogP contribution in [-0.4, -0.2) is 32.0 Å². The van der Waals surface area contributed by atoms with Gasteiger partial charge < -0.3 is 0 Å². The van der Waals surface area contributed by atoms with Gasteiger partial charge >= 0.3 is 0 Å². The van der Waals surface area contributed by atoms with Gasteiger partial charge in [0.15, 0.2) is 5.82 Å². The fourth-order valence-electron chi connectivity index (χ4n) is 2.79. The first-order valence-corrected chi connectivity index (χ1v) is 8.85. The highest BCUT2D eigenvalue weighted by atomic mass is 19.1. The predicted octanol–water partition coefficient (Wildman–Crippen LogP) is 2.98. The zero-order valence-electron chi connectivity index (χ0n) is 14.5. The molecule has 0 N–H and O–H groups in total. The van der Waals surface area contributed by atoms with E-state index >= 15 is 0 Å². The van der Waals surface area contributed by atoms with Gasteiger partial charge in [0.05, 0.1) is 24.2 Å². The largest absolute Gasteiger partial charge is 0.294 e. The molecule has 0 aromatic carbocycles. The Labute approximate surface area is 155 Å². The molecule has 1 amide bonds. The first kappa shape index (κ1) is 17.1. The number of hydrogen-bond donors (Lipinski definition) is 0. The van der Waals surface area contributed by atoms with Crippen LogP contribution in [0.5, 0.6) is 0 Å². The molecule has 1 aliphatic carbocycles. The van der Waals surface area contributed by atoms with Crippen LogP contribution in [0.1, 0.15) is 25.7 Å². The molecule has 0 spiro atoms. The van der Waals surface area contributed by atoms with E-state index in [0.717, 1.165) is 0 Å². The Bertz CT molecular complexity index is 1040. The van der Waals surface area contributed by atoms with Gasteiger partial charge in [0.25, 0.3) is 0 Å². The fraction of sp³-hybridized carbons (Fsp3) is 0.316. The van der Waals surface area contributed by atoms with E-state index in [-0.39, 0.29) is 5.91 Å². The molecule has 2 aliphatic rings. The van der Waals surface area contributed by atoms with Crippen LogP contribution >= 0.6 is 0 Å². The summed E-state index contributed by atoms with van der Waals surface area (Å²) in [6.45, 7) is 0.408. The van der Waals surface area contributed by atoms with Crippen LogP contribution < -0.4 is 4.90 Å². The third kappa shape index (κ3) is 3.49. The fourth-order valence-corrected chi connectivity index (χ4v) is 2.79. The lowest BCUT2D eigenvalue weighted by molar-refractivity contribution is -0.119. The Balaban J connectivity index is 0.000000547. The first-order valence-electron chi connectivity index (χ1n) is 8.85. The van der Waals surface area contributed by atoms with Crippen molar-refractivity contribution in [2.24, 2.45) is 5.92 Å². The van der Waals surface area contributed by atoms with Crippen molar-refractivity contribution in [1.82, 2.24) is 19.6 Å². The lowest BCUT2D eigenvalue weighted by atomic mass is 10.1. The molecule has 1 saturated heterocycles. The third-order valence-electron chi connectivity index (χ3n) is 4.32. The van der Waals surface area contributed by atoms with Crippen molar-refractivity contribution in [3.63, 3.8) is 0 Å². The van der Waals surface area contributed by atoms with Crippen LogP contribution in [0, 0.1) is 23.2 Å². The number of nitriles is 1. The highest BCUT2D eigenvalue weighted by Crippen LogP contribution is 2.29. The van der Waals surface area contributed by atoms with Crippen molar-refractivity contribution in [2.75, 3.05) is 11.4 Å². The zero-order valence-corrected chi connectivity index (χ0v) is 14.5. The summed E-state index contributed by atoms with van der Waals surface area (Å²) in [5.41, 5.74) is 1.38. The number of carbonyl (C=O) groups is 1. The zero-order chi connectivity index (χ0) is 18.8. The number of hydrogen-bond acceptors (Lipinski definition) is 5. The molecule has 3 aromatic heterocycles. The number of anilines is 1. The molecule has 1 unspecified atom stereocenters. The number of nitrogens with zero attached hydrogens (tertiary/aromatic N) is 6. The second-order valence-corrected chi connectivity index (χ2v) is 6.48. The van der Waals surface area contributed by atoms with Crippen molar-refractivity contribution >= 4 is 17.2 Å². The first-order chi connectivity index (χ1) is 13.2. The van der Waals surface area contributed by atoms with E-state index in [0.29, 0.717) is 35.7 Å². The number of rotatable bonds is 2. The Hall–Kier alpha value is -3.34. The Kier molecular flexibility index (Phi) is 4.50. The number of amides is 1. The molecule has 3 aromatic rings. The van der Waals surface area contributed by atoms with Crippen LogP contribution in [0.25, 0.3) is 16.9 Å². The van der Waals surface area contributed by atoms with E-state index in [4.69, 9.17) is 5.26 Å². The molecule has 7 nitrogen and oxygen atoms in total. The number of fused-ring (bicyclic) bond motifs is 1. The Morgan fingerprint density at radius 3 is 2.63 bits per heavy atom. The quantitative estimate of drug-likeness (QED) is 0.653. The summed E-state index contributed by atoms with van der Waals surface area (Å²) in [5, 5.41) is 13.2. The van der Waals surface area contributed by atoms with Gasteiger partial charge in [-0.3, -0.25) is 9.69 Å². The normalized spacial score (nSPS) is 18.1. The molecule has 27 heavy (non-hydrogen) atoms. The SMILES string of the molecule is C1CC1.N#CC1CCN(c2nc(-c3cccc(F)n3)cn3nccc23)C1=O. The molecule has 8 heteroatoms. The van der Waals surface area contributed by atoms with Gasteiger partial charge in [-0.15, -0.1) is 0 Å². The molecule has 136 valence electrons. The van der Waals surface area contributed by atoms with Gasteiger partial charge in [0, 0.05) is 6.54 Å². The molecule has 0 bridgehead atoms. The lowest BCUT2D eigenvalue weighted by Gasteiger charge is -2.17. The summed E-state index contributed by atoms with van der Waals surface area (Å²) in [5.74, 6) is -1.15. The molecule has 5 rings (SSSR count). The molecular weight excluding hydrogens is 347 g/mol. The number of carbonyl (C=O) groups excluding carboxylic acids is 1. The minimum Gasteiger partial charge on any atom is -0.294 e. The highest BCUT2D eigenvalue weighted by molar-refractivity contribution is 6.01. The molecule has 1 atom stereocenters. The molecular formula is C19H17FN6O. The number of halogens is 1. The van der Waals surface area contributed by atoms with E-state index in [1.807, 2.05) is 6.07 Å². The van der Waals surface area contributed by atoms with Gasteiger partial charge in [-0.1, -0.05) is 25.3 Å². The molecule has 1 saturated carbocycles. The van der Waals surface area contributed by atoms with Crippen molar-refractivity contribution < 1.29 is 9.18 Å². The minimum atomic E-state index is -0.661. The summed E-state index contributed by atoms with van der Waals surface area (Å²) >= 11 is 0. The number of aromatic nitrogens is 4. The average molecular weight is 364 g/mol. The molecule has 0 radical (unpaired) electrons. The maximum Gasteiger partial charge on any atom is 0.245 e. The topological polar surface area (TPSA) is 87.2 Å². The Morgan fingerprint density at radius 1 is 1.15 bits per heavy atom. The van der Waals surface area contributed by atoms with Crippen molar-refractivity contribution in [3.05, 3.63) is 42.6 Å². The molecule has 1 aliphatic heterocycles. The molecule has 4 heterocycles. The predicted molar refractivity (Wildman–Crippen MR) is 96.1 cm³/mol. The van der Waals surface area contributed by atoms with Crippen LogP contribution in [0.3, 0.4) is 0 Å². The van der Waals surface area contributed by atoms with Crippen molar-refractivity contribution in [2.45, 2.75) is 25.7 Å². The average Bonchev–Trinajstić information content (AvgIpc) is 3.41. The van der Waals surface area contributed by atoms with Crippen molar-refractivity contribution in [1.29, 1.82) is 5.26 Å². The molecule has 2 fully saturated rings. The van der Waals surface area contributed by atoms with Gasteiger partial charge in [0.1, 0.15) is 17.1 Å². The van der Waals surface area contributed by atoms with Crippen LogP contribution in [0.4, 0.5) is 10.2 Å². The second kappa shape index (κ2) is 7.11. The third-order valence-corrected chi connectivity index (χ3v) is 4.32. The summed E-state index contributed by atoms with van der Waals surface area (Å²) in [6.07, 6.45) is 8.17. The summed E-state index contributed by atoms with van der Waals surface area (Å²) in [6, 6.07) is 8.16. The van der Waals surface area contributed by atoms with Gasteiger partial charge in [-0.2, -0.15) is 14.8 Å². The minimum absolute atomic E-state index is 0.280. The number of pyridine rings is 1. The smallest absolute Gasteiger partial charge is 0.245 e. The van der Waals surface area contributed by atoms with Crippen LogP contribution in [0.15, 0.2) is 36.7 Å². The van der Waals surface area contributed by atoms with E-state index in [2.05, 4.69) is 15.1 Å². The van der Waals surface area contributed by atoms with E-state index in [1.54, 1.807) is 35.1 Å². The van der Waals surface area contributed by atoms with Crippen molar-refractivity contribution in [3.8, 4) is 17.5 Å². The monoisotopic (exact) mass is 364 g/mol. The van der Waals surface area contributed by atoms with Gasteiger partial charge in [-0.05, 0) is 24.6 Å². The highest BCUT2D eigenvalue weighted by Gasteiger charge is 2.34. The van der Waals surface area contributed by atoms with Crippen LogP contribution in [-0.2, 0) is 4.79 Å². The standard InChI is InChI=1S/C16H11FN6O.C3H6/c17-14-3-1-2-11(20-14)12-9-23-13(4-6-19-23)15(21-12)22-7-5-10(8-18)16(22)24;1-2-3-1/h1-4,6,9-10H,5,7H2;1-3H2. The van der Waals surface area contributed by atoms with Gasteiger partial charge in [-0.25, -0.2) is 14.5 Å². The Morgan fingerprint density at radius 2 is 1.96 bits per heavy atom. The van der Waals surface area contributed by atoms with E-state index in [9.17, 15) is 9.18 Å². The summed E-state index contributed by atoms with van der Waals surface area (Å²) in [4.78, 5) is 22.2. The second-order valence-electron chi connectivity index (χ2n) is 6.48. The maximum absolute atomic E-state index is 13.4. The van der Waals surface area contributed by atoms with Crippen LogP contribution in [0.2, 0.25) is 0 Å². The lowest BCUT2D eigenvalue weighted by Crippen LogP contribution is -2.28. The summed E-state index contributed by atoms with van der Waals surface area (Å²) in [7, 11) is 0. The van der Waals surface area contributed by atoms with E-state index in [1.165, 1.54) is 30.2 Å². The maximum atomic E-state index is 13.4. The van der Waals surface area contributed by atoms with E-state index < -0.39 is 11.9 Å². The summed E-state index contributed by atoms with van der Waals surface area (Å²) < 4.78 is 15.0. The van der Waals surface area contributed by atoms with Gasteiger partial charge in [0.2, 0.25) is 11.9 Å².